The van der Waals surface area contributed by atoms with Gasteiger partial charge < -0.3 is 4.74 Å². The molecule has 0 spiro atoms. The van der Waals surface area contributed by atoms with Crippen molar-refractivity contribution in [2.24, 2.45) is 0 Å². The molecule has 0 amide bonds. The minimum Gasteiger partial charge on any atom is -0.437 e. The molecule has 1 aromatic heterocycles. The summed E-state index contributed by atoms with van der Waals surface area (Å²) in [5.41, 5.74) is 0.224. The highest BCUT2D eigenvalue weighted by Gasteiger charge is 2.12. The first kappa shape index (κ1) is 12.8. The van der Waals surface area contributed by atoms with E-state index in [0.717, 1.165) is 0 Å². The van der Waals surface area contributed by atoms with Crippen molar-refractivity contribution in [1.29, 1.82) is 5.26 Å². The predicted octanol–water partition coefficient (Wildman–Crippen LogP) is 3.31. The minimum absolute atomic E-state index is 0.110. The van der Waals surface area contributed by atoms with Crippen LogP contribution in [0.25, 0.3) is 0 Å². The van der Waals surface area contributed by atoms with E-state index in [-0.39, 0.29) is 22.3 Å². The summed E-state index contributed by atoms with van der Waals surface area (Å²) < 4.78 is 5.34. The quantitative estimate of drug-likeness (QED) is 0.633. The lowest BCUT2D eigenvalue weighted by molar-refractivity contribution is -0.384. The van der Waals surface area contributed by atoms with Gasteiger partial charge in [0.05, 0.1) is 27.6 Å². The first-order valence-corrected chi connectivity index (χ1v) is 5.46. The number of hydrogen-bond donors (Lipinski definition) is 0. The normalized spacial score (nSPS) is 9.68. The Bertz CT molecular complexity index is 682. The zero-order valence-corrected chi connectivity index (χ0v) is 10.2. The number of nitrogens with zero attached hydrogens (tertiary/aromatic N) is 3. The van der Waals surface area contributed by atoms with Gasteiger partial charge in [-0.15, -0.1) is 0 Å². The number of ether oxygens (including phenoxy) is 1. The van der Waals surface area contributed by atoms with Gasteiger partial charge in [-0.05, 0) is 12.1 Å². The van der Waals surface area contributed by atoms with E-state index in [1.807, 2.05) is 6.07 Å². The highest BCUT2D eigenvalue weighted by Crippen LogP contribution is 2.32. The van der Waals surface area contributed by atoms with Crippen LogP contribution in [-0.4, -0.2) is 9.91 Å². The van der Waals surface area contributed by atoms with Gasteiger partial charge in [-0.3, -0.25) is 10.1 Å². The fourth-order valence-electron chi connectivity index (χ4n) is 1.33. The third kappa shape index (κ3) is 2.97. The topological polar surface area (TPSA) is 89.0 Å². The van der Waals surface area contributed by atoms with Crippen molar-refractivity contribution >= 4 is 17.3 Å². The average Bonchev–Trinajstić information content (AvgIpc) is 2.41. The van der Waals surface area contributed by atoms with Crippen LogP contribution in [0.2, 0.25) is 5.02 Å². The van der Waals surface area contributed by atoms with E-state index in [0.29, 0.717) is 5.56 Å². The van der Waals surface area contributed by atoms with Gasteiger partial charge in [-0.2, -0.15) is 5.26 Å². The lowest BCUT2D eigenvalue weighted by Gasteiger charge is -2.06. The van der Waals surface area contributed by atoms with Gasteiger partial charge in [0.2, 0.25) is 5.88 Å². The third-order valence-electron chi connectivity index (χ3n) is 2.20. The number of rotatable bonds is 3. The fourth-order valence-corrected chi connectivity index (χ4v) is 1.49. The fraction of sp³-hybridized carbons (Fsp3) is 0. The third-order valence-corrected chi connectivity index (χ3v) is 2.52. The molecule has 19 heavy (non-hydrogen) atoms. The molecule has 0 fully saturated rings. The van der Waals surface area contributed by atoms with Gasteiger partial charge in [0, 0.05) is 18.3 Å². The molecule has 0 radical (unpaired) electrons. The molecule has 0 aliphatic carbocycles. The molecule has 0 saturated carbocycles. The second-order valence-electron chi connectivity index (χ2n) is 3.47. The van der Waals surface area contributed by atoms with Crippen LogP contribution in [0.4, 0.5) is 5.69 Å². The Morgan fingerprint density at radius 2 is 2.16 bits per heavy atom. The number of nitro groups is 1. The van der Waals surface area contributed by atoms with E-state index in [1.165, 1.54) is 36.5 Å². The van der Waals surface area contributed by atoms with Gasteiger partial charge >= 0.3 is 0 Å². The van der Waals surface area contributed by atoms with Gasteiger partial charge in [0.1, 0.15) is 0 Å². The summed E-state index contributed by atoms with van der Waals surface area (Å²) in [6.45, 7) is 0. The van der Waals surface area contributed by atoms with Crippen molar-refractivity contribution in [3.63, 3.8) is 0 Å². The predicted molar refractivity (Wildman–Crippen MR) is 67.1 cm³/mol. The van der Waals surface area contributed by atoms with Crippen molar-refractivity contribution in [3.05, 3.63) is 57.2 Å². The maximum absolute atomic E-state index is 10.7. The number of aromatic nitrogens is 1. The summed E-state index contributed by atoms with van der Waals surface area (Å²) in [7, 11) is 0. The smallest absolute Gasteiger partial charge is 0.273 e. The number of nitro benzene ring substituents is 1. The number of pyridine rings is 1. The van der Waals surface area contributed by atoms with E-state index < -0.39 is 4.92 Å². The molecular weight excluding hydrogens is 270 g/mol. The van der Waals surface area contributed by atoms with E-state index >= 15 is 0 Å². The summed E-state index contributed by atoms with van der Waals surface area (Å²) in [6, 6.07) is 8.70. The highest BCUT2D eigenvalue weighted by atomic mass is 35.5. The zero-order chi connectivity index (χ0) is 13.8. The van der Waals surface area contributed by atoms with Crippen LogP contribution in [0, 0.1) is 21.4 Å². The summed E-state index contributed by atoms with van der Waals surface area (Å²) >= 11 is 5.88. The Kier molecular flexibility index (Phi) is 3.59. The maximum atomic E-state index is 10.7. The molecule has 0 bridgehead atoms. The lowest BCUT2D eigenvalue weighted by atomic mass is 10.3. The van der Waals surface area contributed by atoms with Crippen LogP contribution >= 0.6 is 11.6 Å². The largest absolute Gasteiger partial charge is 0.437 e. The van der Waals surface area contributed by atoms with E-state index in [1.54, 1.807) is 0 Å². The number of benzene rings is 1. The first-order valence-electron chi connectivity index (χ1n) is 5.08. The van der Waals surface area contributed by atoms with Crippen LogP contribution in [0.5, 0.6) is 11.6 Å². The highest BCUT2D eigenvalue weighted by molar-refractivity contribution is 6.32. The summed E-state index contributed by atoms with van der Waals surface area (Å²) in [5.74, 6) is 0.250. The molecular formula is C12H6ClN3O3. The average molecular weight is 276 g/mol. The molecule has 2 rings (SSSR count). The Morgan fingerprint density at radius 3 is 2.84 bits per heavy atom. The molecule has 0 unspecified atom stereocenters. The molecule has 1 aromatic carbocycles. The van der Waals surface area contributed by atoms with Crippen molar-refractivity contribution in [3.8, 4) is 17.7 Å². The van der Waals surface area contributed by atoms with E-state index in [4.69, 9.17) is 21.6 Å². The van der Waals surface area contributed by atoms with Gasteiger partial charge in [-0.25, -0.2) is 4.98 Å². The summed E-state index contributed by atoms with van der Waals surface area (Å²) in [5, 5.41) is 19.6. The number of halogens is 1. The first-order chi connectivity index (χ1) is 9.10. The Labute approximate surface area is 113 Å². The molecule has 0 saturated heterocycles. The number of hydrogen-bond acceptors (Lipinski definition) is 5. The second-order valence-corrected chi connectivity index (χ2v) is 3.88. The molecule has 2 aromatic rings. The summed E-state index contributed by atoms with van der Waals surface area (Å²) in [4.78, 5) is 14.0. The Hall–Kier alpha value is -2.65. The molecule has 7 heteroatoms. The van der Waals surface area contributed by atoms with Crippen molar-refractivity contribution < 1.29 is 9.66 Å². The molecule has 94 valence electrons. The van der Waals surface area contributed by atoms with Gasteiger partial charge in [0.25, 0.3) is 5.69 Å². The Morgan fingerprint density at radius 1 is 1.37 bits per heavy atom. The van der Waals surface area contributed by atoms with Gasteiger partial charge in [-0.1, -0.05) is 11.6 Å². The maximum Gasteiger partial charge on any atom is 0.273 e. The van der Waals surface area contributed by atoms with E-state index in [2.05, 4.69) is 4.98 Å². The van der Waals surface area contributed by atoms with Crippen LogP contribution < -0.4 is 4.74 Å². The SMILES string of the molecule is N#Cc1ccnc(Oc2cc([N+](=O)[O-])ccc2Cl)c1. The van der Waals surface area contributed by atoms with Gasteiger partial charge in [0.15, 0.2) is 5.75 Å². The van der Waals surface area contributed by atoms with E-state index in [9.17, 15) is 10.1 Å². The lowest BCUT2D eigenvalue weighted by Crippen LogP contribution is -1.92. The molecule has 0 aliphatic heterocycles. The molecule has 0 aliphatic rings. The van der Waals surface area contributed by atoms with Crippen molar-refractivity contribution in [2.75, 3.05) is 0 Å². The standard InChI is InChI=1S/C12H6ClN3O3/c13-10-2-1-9(16(17)18)6-11(10)19-12-5-8(7-14)3-4-15-12/h1-6H. The number of nitriles is 1. The van der Waals surface area contributed by atoms with Crippen molar-refractivity contribution in [1.82, 2.24) is 4.98 Å². The molecule has 0 N–H and O–H groups in total. The Balaban J connectivity index is 2.34. The second kappa shape index (κ2) is 5.33. The monoisotopic (exact) mass is 275 g/mol. The molecule has 6 nitrogen and oxygen atoms in total. The van der Waals surface area contributed by atoms with Crippen LogP contribution in [0.15, 0.2) is 36.5 Å². The number of non-ortho nitro benzene ring substituents is 1. The minimum atomic E-state index is -0.553. The van der Waals surface area contributed by atoms with Crippen LogP contribution in [0.3, 0.4) is 0 Å². The van der Waals surface area contributed by atoms with Crippen LogP contribution in [0.1, 0.15) is 5.56 Å². The zero-order valence-electron chi connectivity index (χ0n) is 9.41. The van der Waals surface area contributed by atoms with Crippen LogP contribution in [-0.2, 0) is 0 Å². The van der Waals surface area contributed by atoms with Crippen molar-refractivity contribution in [2.45, 2.75) is 0 Å². The summed E-state index contributed by atoms with van der Waals surface area (Å²) in [6.07, 6.45) is 1.40. The molecule has 1 heterocycles. The molecule has 0 atom stereocenters.